The third-order valence-electron chi connectivity index (χ3n) is 3.57. The number of methoxy groups -OCH3 is 1. The van der Waals surface area contributed by atoms with Gasteiger partial charge in [-0.2, -0.15) is 0 Å². The minimum Gasteiger partial charge on any atom is -0.497 e. The summed E-state index contributed by atoms with van der Waals surface area (Å²) in [5.41, 5.74) is 0.788. The van der Waals surface area contributed by atoms with E-state index in [-0.39, 0.29) is 18.1 Å². The van der Waals surface area contributed by atoms with Crippen molar-refractivity contribution in [3.05, 3.63) is 42.2 Å². The smallest absolute Gasteiger partial charge is 0.287 e. The van der Waals surface area contributed by atoms with Gasteiger partial charge in [-0.3, -0.25) is 4.79 Å². The van der Waals surface area contributed by atoms with Gasteiger partial charge in [-0.05, 0) is 38.1 Å². The van der Waals surface area contributed by atoms with Crippen LogP contribution in [-0.2, 0) is 9.84 Å². The highest BCUT2D eigenvalue weighted by Crippen LogP contribution is 2.25. The predicted octanol–water partition coefficient (Wildman–Crippen LogP) is 2.51. The molecule has 7 heteroatoms. The number of furan rings is 1. The van der Waals surface area contributed by atoms with Crippen LogP contribution in [0.4, 0.5) is 0 Å². The number of carbonyl (C=O) groups is 1. The second kappa shape index (κ2) is 7.53. The highest BCUT2D eigenvalue weighted by atomic mass is 32.2. The lowest BCUT2D eigenvalue weighted by Gasteiger charge is -2.07. The van der Waals surface area contributed by atoms with E-state index in [2.05, 4.69) is 5.32 Å². The first-order valence-electron chi connectivity index (χ1n) is 7.57. The third kappa shape index (κ3) is 4.38. The lowest BCUT2D eigenvalue weighted by atomic mass is 10.2. The van der Waals surface area contributed by atoms with Crippen molar-refractivity contribution < 1.29 is 22.4 Å². The number of amides is 1. The Morgan fingerprint density at radius 3 is 2.67 bits per heavy atom. The molecule has 0 saturated carbocycles. The Labute approximate surface area is 141 Å². The van der Waals surface area contributed by atoms with Crippen LogP contribution < -0.4 is 10.1 Å². The molecular formula is C17H21NO5S. The van der Waals surface area contributed by atoms with Crippen molar-refractivity contribution in [3.63, 3.8) is 0 Å². The van der Waals surface area contributed by atoms with E-state index in [0.717, 1.165) is 5.56 Å². The molecule has 0 saturated heterocycles. The van der Waals surface area contributed by atoms with Crippen LogP contribution in [0.5, 0.6) is 5.75 Å². The fourth-order valence-corrected chi connectivity index (χ4v) is 2.88. The molecule has 6 nitrogen and oxygen atoms in total. The standard InChI is InChI=1S/C17H21NO5S/c1-12(2)24(20,21)10-9-18-17(19)16-8-7-15(23-16)13-5-4-6-14(11-13)22-3/h4-8,11-12H,9-10H2,1-3H3,(H,18,19). The fourth-order valence-electron chi connectivity index (χ4n) is 2.02. The maximum atomic E-state index is 12.0. The minimum absolute atomic E-state index is 0.0501. The van der Waals surface area contributed by atoms with Gasteiger partial charge in [-0.1, -0.05) is 12.1 Å². The van der Waals surface area contributed by atoms with E-state index in [0.29, 0.717) is 11.5 Å². The summed E-state index contributed by atoms with van der Waals surface area (Å²) < 4.78 is 34.1. The average Bonchev–Trinajstić information content (AvgIpc) is 3.04. The number of carbonyl (C=O) groups excluding carboxylic acids is 1. The maximum Gasteiger partial charge on any atom is 0.287 e. The first-order chi connectivity index (χ1) is 11.3. The van der Waals surface area contributed by atoms with E-state index in [1.54, 1.807) is 39.2 Å². The molecule has 2 rings (SSSR count). The Morgan fingerprint density at radius 2 is 2.00 bits per heavy atom. The van der Waals surface area contributed by atoms with Crippen molar-refractivity contribution in [1.82, 2.24) is 5.32 Å². The number of rotatable bonds is 7. The Hall–Kier alpha value is -2.28. The molecule has 1 aromatic heterocycles. The molecular weight excluding hydrogens is 330 g/mol. The van der Waals surface area contributed by atoms with Crippen LogP contribution in [0.2, 0.25) is 0 Å². The molecule has 1 heterocycles. The molecule has 1 amide bonds. The van der Waals surface area contributed by atoms with E-state index >= 15 is 0 Å². The van der Waals surface area contributed by atoms with Crippen LogP contribution in [0.1, 0.15) is 24.4 Å². The topological polar surface area (TPSA) is 85.6 Å². The number of hydrogen-bond acceptors (Lipinski definition) is 5. The molecule has 1 N–H and O–H groups in total. The van der Waals surface area contributed by atoms with Crippen molar-refractivity contribution in [2.45, 2.75) is 19.1 Å². The molecule has 0 aliphatic rings. The number of sulfone groups is 1. The van der Waals surface area contributed by atoms with Crippen LogP contribution >= 0.6 is 0 Å². The zero-order valence-corrected chi connectivity index (χ0v) is 14.7. The van der Waals surface area contributed by atoms with Crippen LogP contribution in [-0.4, -0.2) is 39.0 Å². The van der Waals surface area contributed by atoms with Crippen molar-refractivity contribution >= 4 is 15.7 Å². The van der Waals surface area contributed by atoms with Gasteiger partial charge in [0.2, 0.25) is 0 Å². The Balaban J connectivity index is 2.01. The number of benzene rings is 1. The molecule has 0 aliphatic carbocycles. The number of ether oxygens (including phenoxy) is 1. The Kier molecular flexibility index (Phi) is 5.66. The van der Waals surface area contributed by atoms with E-state index < -0.39 is 21.0 Å². The molecule has 0 fully saturated rings. The molecule has 1 aromatic carbocycles. The van der Waals surface area contributed by atoms with Crippen molar-refractivity contribution in [1.29, 1.82) is 0 Å². The van der Waals surface area contributed by atoms with Gasteiger partial charge in [0.25, 0.3) is 5.91 Å². The van der Waals surface area contributed by atoms with Gasteiger partial charge in [0.05, 0.1) is 18.1 Å². The van der Waals surface area contributed by atoms with E-state index in [9.17, 15) is 13.2 Å². The Bertz CT molecular complexity index is 808. The van der Waals surface area contributed by atoms with E-state index in [4.69, 9.17) is 9.15 Å². The molecule has 0 atom stereocenters. The van der Waals surface area contributed by atoms with Gasteiger partial charge in [0, 0.05) is 12.1 Å². The highest BCUT2D eigenvalue weighted by molar-refractivity contribution is 7.92. The summed E-state index contributed by atoms with van der Waals surface area (Å²) >= 11 is 0. The van der Waals surface area contributed by atoms with Crippen molar-refractivity contribution in [2.75, 3.05) is 19.4 Å². The fraction of sp³-hybridized carbons (Fsp3) is 0.353. The lowest BCUT2D eigenvalue weighted by Crippen LogP contribution is -2.31. The first-order valence-corrected chi connectivity index (χ1v) is 9.29. The van der Waals surface area contributed by atoms with Crippen LogP contribution in [0.25, 0.3) is 11.3 Å². The second-order valence-electron chi connectivity index (χ2n) is 5.57. The molecule has 24 heavy (non-hydrogen) atoms. The summed E-state index contributed by atoms with van der Waals surface area (Å²) in [5.74, 6) is 0.820. The van der Waals surface area contributed by atoms with Crippen LogP contribution in [0.3, 0.4) is 0 Å². The molecule has 0 spiro atoms. The number of hydrogen-bond donors (Lipinski definition) is 1. The molecule has 0 radical (unpaired) electrons. The zero-order chi connectivity index (χ0) is 17.7. The third-order valence-corrected chi connectivity index (χ3v) is 5.78. The Morgan fingerprint density at radius 1 is 1.25 bits per heavy atom. The zero-order valence-electron chi connectivity index (χ0n) is 13.9. The minimum atomic E-state index is -3.18. The van der Waals surface area contributed by atoms with Crippen LogP contribution in [0, 0.1) is 0 Å². The van der Waals surface area contributed by atoms with Crippen LogP contribution in [0.15, 0.2) is 40.8 Å². The molecule has 130 valence electrons. The summed E-state index contributed by atoms with van der Waals surface area (Å²) in [6, 6.07) is 10.5. The summed E-state index contributed by atoms with van der Waals surface area (Å²) in [6.07, 6.45) is 0. The molecule has 2 aromatic rings. The summed E-state index contributed by atoms with van der Waals surface area (Å²) in [5, 5.41) is 2.10. The average molecular weight is 351 g/mol. The van der Waals surface area contributed by atoms with Gasteiger partial charge in [-0.15, -0.1) is 0 Å². The van der Waals surface area contributed by atoms with Gasteiger partial charge in [0.1, 0.15) is 11.5 Å². The second-order valence-corrected chi connectivity index (χ2v) is 8.24. The monoisotopic (exact) mass is 351 g/mol. The van der Waals surface area contributed by atoms with Gasteiger partial charge < -0.3 is 14.5 Å². The molecule has 0 bridgehead atoms. The molecule has 0 unspecified atom stereocenters. The van der Waals surface area contributed by atoms with Gasteiger partial charge >= 0.3 is 0 Å². The largest absolute Gasteiger partial charge is 0.497 e. The number of nitrogens with one attached hydrogen (secondary N) is 1. The summed E-state index contributed by atoms with van der Waals surface area (Å²) in [6.45, 7) is 3.28. The summed E-state index contributed by atoms with van der Waals surface area (Å²) in [4.78, 5) is 12.0. The van der Waals surface area contributed by atoms with Gasteiger partial charge in [-0.25, -0.2) is 8.42 Å². The quantitative estimate of drug-likeness (QED) is 0.828. The highest BCUT2D eigenvalue weighted by Gasteiger charge is 2.17. The first kappa shape index (κ1) is 18.1. The van der Waals surface area contributed by atoms with E-state index in [1.165, 1.54) is 0 Å². The molecule has 0 aliphatic heterocycles. The van der Waals surface area contributed by atoms with Gasteiger partial charge in [0.15, 0.2) is 15.6 Å². The normalized spacial score (nSPS) is 11.5. The predicted molar refractivity (Wildman–Crippen MR) is 92.0 cm³/mol. The van der Waals surface area contributed by atoms with Crippen molar-refractivity contribution in [2.24, 2.45) is 0 Å². The van der Waals surface area contributed by atoms with Crippen molar-refractivity contribution in [3.8, 4) is 17.1 Å². The SMILES string of the molecule is COc1cccc(-c2ccc(C(=O)NCCS(=O)(=O)C(C)C)o2)c1. The summed E-state index contributed by atoms with van der Waals surface area (Å²) in [7, 11) is -1.61. The lowest BCUT2D eigenvalue weighted by molar-refractivity contribution is 0.0929. The maximum absolute atomic E-state index is 12.0. The van der Waals surface area contributed by atoms with E-state index in [1.807, 2.05) is 18.2 Å².